The summed E-state index contributed by atoms with van der Waals surface area (Å²) in [7, 11) is 0. The third kappa shape index (κ3) is 3.64. The maximum absolute atomic E-state index is 13.1. The molecular formula is C12H14F2N2O4. The summed E-state index contributed by atoms with van der Waals surface area (Å²) in [5.41, 5.74) is -0.907. The number of nitrogens with one attached hydrogen (secondary N) is 1. The first kappa shape index (κ1) is 15.8. The monoisotopic (exact) mass is 288 g/mol. The molecule has 6 nitrogen and oxygen atoms in total. The Labute approximate surface area is 113 Å². The van der Waals surface area contributed by atoms with E-state index in [2.05, 4.69) is 5.32 Å². The first-order valence-electron chi connectivity index (χ1n) is 5.79. The van der Waals surface area contributed by atoms with Crippen LogP contribution in [-0.2, 0) is 0 Å². The van der Waals surface area contributed by atoms with Gasteiger partial charge in [0.25, 0.3) is 0 Å². The van der Waals surface area contributed by atoms with Crippen LogP contribution >= 0.6 is 0 Å². The molecule has 110 valence electrons. The predicted molar refractivity (Wildman–Crippen MR) is 66.7 cm³/mol. The number of anilines is 1. The number of rotatable bonds is 5. The van der Waals surface area contributed by atoms with Gasteiger partial charge in [-0.15, -0.1) is 0 Å². The lowest BCUT2D eigenvalue weighted by atomic mass is 10.1. The number of carboxylic acids is 1. The minimum atomic E-state index is -1.50. The number of carboxylic acid groups (broad SMARTS) is 1. The molecule has 0 radical (unpaired) electrons. The Hall–Kier alpha value is -2.22. The quantitative estimate of drug-likeness (QED) is 0.766. The fourth-order valence-corrected chi connectivity index (χ4v) is 1.55. The Morgan fingerprint density at radius 2 is 1.90 bits per heavy atom. The molecule has 0 fully saturated rings. The number of urea groups is 1. The fourth-order valence-electron chi connectivity index (χ4n) is 1.55. The molecule has 0 aliphatic rings. The molecule has 3 N–H and O–H groups in total. The zero-order valence-corrected chi connectivity index (χ0v) is 10.7. The van der Waals surface area contributed by atoms with Crippen LogP contribution in [0.3, 0.4) is 0 Å². The van der Waals surface area contributed by atoms with Crippen LogP contribution in [0.5, 0.6) is 0 Å². The Kier molecular flexibility index (Phi) is 5.39. The van der Waals surface area contributed by atoms with E-state index in [0.29, 0.717) is 12.1 Å². The van der Waals surface area contributed by atoms with Gasteiger partial charge < -0.3 is 20.4 Å². The molecule has 0 saturated heterocycles. The number of hydrogen-bond acceptors (Lipinski definition) is 3. The summed E-state index contributed by atoms with van der Waals surface area (Å²) in [5.74, 6) is -4.08. The van der Waals surface area contributed by atoms with Gasteiger partial charge in [-0.25, -0.2) is 18.4 Å². The van der Waals surface area contributed by atoms with Crippen molar-refractivity contribution in [3.8, 4) is 0 Å². The first-order chi connectivity index (χ1) is 9.40. The molecule has 2 amide bonds. The van der Waals surface area contributed by atoms with Crippen LogP contribution in [0.25, 0.3) is 0 Å². The Balaban J connectivity index is 3.04. The molecule has 0 aliphatic heterocycles. The predicted octanol–water partition coefficient (Wildman–Crippen LogP) is 1.51. The second-order valence-electron chi connectivity index (χ2n) is 3.85. The highest BCUT2D eigenvalue weighted by Gasteiger charge is 2.19. The van der Waals surface area contributed by atoms with E-state index in [0.717, 1.165) is 0 Å². The topological polar surface area (TPSA) is 89.9 Å². The van der Waals surface area contributed by atoms with Crippen LogP contribution in [-0.4, -0.2) is 46.8 Å². The van der Waals surface area contributed by atoms with Crippen LogP contribution < -0.4 is 5.32 Å². The molecule has 0 atom stereocenters. The number of benzene rings is 1. The van der Waals surface area contributed by atoms with Crippen molar-refractivity contribution in [1.82, 2.24) is 4.90 Å². The highest BCUT2D eigenvalue weighted by atomic mass is 19.2. The number of aliphatic hydroxyl groups excluding tert-OH is 1. The molecule has 0 heterocycles. The number of nitrogens with zero attached hydrogens (tertiary/aromatic N) is 1. The zero-order chi connectivity index (χ0) is 15.3. The van der Waals surface area contributed by atoms with Gasteiger partial charge in [0.2, 0.25) is 0 Å². The molecule has 1 aromatic rings. The largest absolute Gasteiger partial charge is 0.478 e. The van der Waals surface area contributed by atoms with Gasteiger partial charge in [-0.1, -0.05) is 0 Å². The maximum atomic E-state index is 13.1. The lowest BCUT2D eigenvalue weighted by Gasteiger charge is -2.20. The summed E-state index contributed by atoms with van der Waals surface area (Å²) >= 11 is 0. The average Bonchev–Trinajstić information content (AvgIpc) is 2.39. The third-order valence-corrected chi connectivity index (χ3v) is 2.57. The number of halogens is 2. The van der Waals surface area contributed by atoms with Gasteiger partial charge in [-0.3, -0.25) is 0 Å². The summed E-state index contributed by atoms with van der Waals surface area (Å²) in [5, 5.41) is 19.9. The van der Waals surface area contributed by atoms with Crippen molar-refractivity contribution in [2.24, 2.45) is 0 Å². The van der Waals surface area contributed by atoms with Crippen LogP contribution in [0.2, 0.25) is 0 Å². The van der Waals surface area contributed by atoms with E-state index in [9.17, 15) is 18.4 Å². The van der Waals surface area contributed by atoms with Crippen molar-refractivity contribution in [3.05, 3.63) is 29.3 Å². The van der Waals surface area contributed by atoms with Gasteiger partial charge in [0.05, 0.1) is 17.9 Å². The fraction of sp³-hybridized carbons (Fsp3) is 0.333. The van der Waals surface area contributed by atoms with E-state index < -0.39 is 29.2 Å². The van der Waals surface area contributed by atoms with Crippen molar-refractivity contribution < 1.29 is 28.6 Å². The highest BCUT2D eigenvalue weighted by molar-refractivity contribution is 6.00. The second-order valence-corrected chi connectivity index (χ2v) is 3.85. The molecule has 0 aromatic heterocycles. The standard InChI is InChI=1S/C12H14F2N2O4/c1-2-16(3-4-17)12(20)15-10-6-9(14)8(13)5-7(10)11(18)19/h5-6,17H,2-4H2,1H3,(H,15,20)(H,18,19). The number of hydrogen-bond donors (Lipinski definition) is 3. The minimum absolute atomic E-state index is 0.0361. The summed E-state index contributed by atoms with van der Waals surface area (Å²) < 4.78 is 26.1. The van der Waals surface area contributed by atoms with Gasteiger partial charge in [-0.2, -0.15) is 0 Å². The van der Waals surface area contributed by atoms with Crippen molar-refractivity contribution >= 4 is 17.7 Å². The maximum Gasteiger partial charge on any atom is 0.337 e. The molecule has 20 heavy (non-hydrogen) atoms. The molecule has 1 rings (SSSR count). The Morgan fingerprint density at radius 1 is 1.30 bits per heavy atom. The lowest BCUT2D eigenvalue weighted by Crippen LogP contribution is -2.37. The summed E-state index contributed by atoms with van der Waals surface area (Å²) in [4.78, 5) is 23.9. The molecule has 8 heteroatoms. The van der Waals surface area contributed by atoms with Gasteiger partial charge >= 0.3 is 12.0 Å². The van der Waals surface area contributed by atoms with Crippen molar-refractivity contribution in [2.45, 2.75) is 6.92 Å². The van der Waals surface area contributed by atoms with Crippen molar-refractivity contribution in [3.63, 3.8) is 0 Å². The van der Waals surface area contributed by atoms with Crippen LogP contribution in [0, 0.1) is 11.6 Å². The third-order valence-electron chi connectivity index (χ3n) is 2.57. The Morgan fingerprint density at radius 3 is 2.40 bits per heavy atom. The van der Waals surface area contributed by atoms with E-state index >= 15 is 0 Å². The van der Waals surface area contributed by atoms with Gasteiger partial charge in [0.15, 0.2) is 11.6 Å². The number of carbonyl (C=O) groups excluding carboxylic acids is 1. The zero-order valence-electron chi connectivity index (χ0n) is 10.7. The minimum Gasteiger partial charge on any atom is -0.478 e. The van der Waals surface area contributed by atoms with E-state index in [-0.39, 0.29) is 25.4 Å². The van der Waals surface area contributed by atoms with E-state index in [1.54, 1.807) is 6.92 Å². The number of carbonyl (C=O) groups is 2. The van der Waals surface area contributed by atoms with Crippen LogP contribution in [0.4, 0.5) is 19.3 Å². The molecule has 0 bridgehead atoms. The Bertz CT molecular complexity index is 522. The van der Waals surface area contributed by atoms with Crippen molar-refractivity contribution in [2.75, 3.05) is 25.0 Å². The number of aromatic carboxylic acids is 1. The smallest absolute Gasteiger partial charge is 0.337 e. The summed E-state index contributed by atoms with van der Waals surface area (Å²) in [6.07, 6.45) is 0. The molecule has 0 spiro atoms. The first-order valence-corrected chi connectivity index (χ1v) is 5.79. The highest BCUT2D eigenvalue weighted by Crippen LogP contribution is 2.20. The summed E-state index contributed by atoms with van der Waals surface area (Å²) in [6.45, 7) is 1.68. The van der Waals surface area contributed by atoms with Gasteiger partial charge in [-0.05, 0) is 13.0 Å². The lowest BCUT2D eigenvalue weighted by molar-refractivity contribution is 0.0697. The van der Waals surface area contributed by atoms with E-state index in [1.807, 2.05) is 0 Å². The van der Waals surface area contributed by atoms with Gasteiger partial charge in [0, 0.05) is 19.2 Å². The SMILES string of the molecule is CCN(CCO)C(=O)Nc1cc(F)c(F)cc1C(=O)O. The van der Waals surface area contributed by atoms with Crippen LogP contribution in [0.15, 0.2) is 12.1 Å². The summed E-state index contributed by atoms with van der Waals surface area (Å²) in [6, 6.07) is 0.383. The number of aliphatic hydroxyl groups is 1. The number of amides is 2. The molecular weight excluding hydrogens is 274 g/mol. The van der Waals surface area contributed by atoms with Crippen LogP contribution in [0.1, 0.15) is 17.3 Å². The van der Waals surface area contributed by atoms with E-state index in [4.69, 9.17) is 10.2 Å². The van der Waals surface area contributed by atoms with Gasteiger partial charge in [0.1, 0.15) is 0 Å². The molecule has 0 unspecified atom stereocenters. The molecule has 0 saturated carbocycles. The second kappa shape index (κ2) is 6.80. The van der Waals surface area contributed by atoms with E-state index in [1.165, 1.54) is 4.90 Å². The molecule has 0 aliphatic carbocycles. The number of likely N-dealkylation sites (N-methyl/N-ethyl adjacent to an activating group) is 1. The molecule has 1 aromatic carbocycles. The normalized spacial score (nSPS) is 10.2. The average molecular weight is 288 g/mol. The van der Waals surface area contributed by atoms with Crippen molar-refractivity contribution in [1.29, 1.82) is 0 Å².